The number of esters is 1. The second-order valence-corrected chi connectivity index (χ2v) is 21.6. The van der Waals surface area contributed by atoms with E-state index in [1.54, 1.807) is 55.5 Å². The van der Waals surface area contributed by atoms with E-state index in [0.717, 1.165) is 5.56 Å². The molecule has 2 rings (SSSR count). The Kier molecular flexibility index (Phi) is 31.4. The summed E-state index contributed by atoms with van der Waals surface area (Å²) >= 11 is 0. The number of nitrogens with one attached hydrogen (secondary N) is 11. The molecular weight excluding hydrogens is 1090 g/mol. The minimum atomic E-state index is -1.79. The number of carbonyl (C=O) groups excluding carboxylic acids is 11. The number of aliphatic hydroxyl groups excluding tert-OH is 2. The highest BCUT2D eigenvalue weighted by atomic mass is 16.5. The molecule has 1 heterocycles. The number of hydrogen-bond acceptors (Lipinski definition) is 16. The van der Waals surface area contributed by atoms with Gasteiger partial charge in [-0.25, -0.2) is 4.79 Å². The van der Waals surface area contributed by atoms with Crippen LogP contribution in [0.3, 0.4) is 0 Å². The summed E-state index contributed by atoms with van der Waals surface area (Å²) in [7, 11) is 1.61. The lowest BCUT2D eigenvalue weighted by atomic mass is 9.94. The van der Waals surface area contributed by atoms with E-state index in [9.17, 15) is 63.0 Å². The van der Waals surface area contributed by atoms with Crippen LogP contribution >= 0.6 is 0 Å². The van der Waals surface area contributed by atoms with Gasteiger partial charge < -0.3 is 84.9 Å². The predicted molar refractivity (Wildman–Crippen MR) is 311 cm³/mol. The minimum Gasteiger partial charge on any atom is -0.458 e. The summed E-state index contributed by atoms with van der Waals surface area (Å²) in [5.74, 6) is -11.9. The zero-order valence-electron chi connectivity index (χ0n) is 50.6. The van der Waals surface area contributed by atoms with Crippen molar-refractivity contribution in [1.29, 1.82) is 0 Å². The number of benzene rings is 1. The molecule has 17 N–H and O–H groups in total. The largest absolute Gasteiger partial charge is 0.458 e. The van der Waals surface area contributed by atoms with Crippen LogP contribution in [0.15, 0.2) is 35.3 Å². The zero-order chi connectivity index (χ0) is 63.5. The molecule has 1 saturated heterocycles. The first-order valence-electron chi connectivity index (χ1n) is 28.9. The Balaban J connectivity index is 2.42. The van der Waals surface area contributed by atoms with Gasteiger partial charge >= 0.3 is 5.97 Å². The van der Waals surface area contributed by atoms with E-state index in [4.69, 9.17) is 16.2 Å². The molecule has 10 amide bonds. The highest BCUT2D eigenvalue weighted by Gasteiger charge is 2.40. The van der Waals surface area contributed by atoms with Crippen molar-refractivity contribution in [2.24, 2.45) is 40.1 Å². The number of guanidine groups is 1. The van der Waals surface area contributed by atoms with Gasteiger partial charge in [-0.2, -0.15) is 0 Å². The molecule has 0 aromatic heterocycles. The maximum absolute atomic E-state index is 14.4. The molecule has 84 heavy (non-hydrogen) atoms. The van der Waals surface area contributed by atoms with E-state index in [1.165, 1.54) is 20.8 Å². The van der Waals surface area contributed by atoms with Crippen molar-refractivity contribution in [2.75, 3.05) is 26.8 Å². The Morgan fingerprint density at radius 1 is 0.583 bits per heavy atom. The van der Waals surface area contributed by atoms with Gasteiger partial charge in [0.25, 0.3) is 0 Å². The van der Waals surface area contributed by atoms with Gasteiger partial charge in [0.2, 0.25) is 59.1 Å². The van der Waals surface area contributed by atoms with Gasteiger partial charge in [0.15, 0.2) is 5.96 Å². The Morgan fingerprint density at radius 2 is 1.01 bits per heavy atom. The molecule has 0 spiro atoms. The van der Waals surface area contributed by atoms with E-state index >= 15 is 0 Å². The Morgan fingerprint density at radius 3 is 1.48 bits per heavy atom. The third-order valence-electron chi connectivity index (χ3n) is 15.2. The van der Waals surface area contributed by atoms with Crippen LogP contribution in [0.5, 0.6) is 0 Å². The molecule has 0 unspecified atom stereocenters. The normalized spacial score (nSPS) is 21.5. The smallest absolute Gasteiger partial charge is 0.329 e. The van der Waals surface area contributed by atoms with Crippen molar-refractivity contribution in [3.63, 3.8) is 0 Å². The first-order valence-corrected chi connectivity index (χ1v) is 28.9. The SMILES string of the molecule is CC[C@@H](C)[C@@H](NC(=O)[C@@H](CCCN=C(N)N)NC(=O)[C@H](CO)NC(=O)[C@@H](NC(=O)[C@@H](Cc1ccccc1)NC)[C@@H](C)CC)C(=O)N[C@H](C(=O)N[C@@H](CO)C(=O)N[C@H]1C(=O)N[C@@H](C)C(=O)N[C@@H](C)C(=O)N[C@@H]([C@@H](C)CC)C(=O)O[C@H]1C)[C@@H](C)CC. The van der Waals surface area contributed by atoms with Crippen LogP contribution in [-0.4, -0.2) is 181 Å². The van der Waals surface area contributed by atoms with E-state index in [0.29, 0.717) is 25.7 Å². The standard InChI is InChI=1S/C56H94N14O14/c1-13-28(5)40(67-48(76)37(59-12)25-35-21-18-17-19-22-35)51(79)64-38(26-71)49(77)63-36(23-20-24-60-56(57)58)47(75)66-42(30(7)15-3)53(81)68-41(29(6)14-2)52(80)65-39(27-72)50(78)70-44-34(11)84-55(83)43(31(8)16-4)69-46(74)33(10)61-45(73)32(9)62-54(44)82/h17-19,21-22,28-34,36-44,59,71-72H,13-16,20,23-27H2,1-12H3,(H,61,73)(H,62,82)(H,63,77)(H,64,79)(H,65,80)(H,66,75)(H,67,76)(H,68,81)(H,69,74)(H,70,78)(H4,57,58,60)/t28-,29-,30+,31-,32-,33-,34-,36+,37+,38-,39-,40-,41-,42+,43-,44+/m0/s1. The van der Waals surface area contributed by atoms with Crippen LogP contribution in [0.25, 0.3) is 0 Å². The van der Waals surface area contributed by atoms with Crippen molar-refractivity contribution in [2.45, 2.75) is 194 Å². The molecule has 0 bridgehead atoms. The lowest BCUT2D eigenvalue weighted by Crippen LogP contribution is -2.63. The summed E-state index contributed by atoms with van der Waals surface area (Å²) in [6.07, 6.45) is 0.295. The summed E-state index contributed by atoms with van der Waals surface area (Å²) in [5, 5.41) is 49.5. The molecule has 1 aliphatic rings. The van der Waals surface area contributed by atoms with Gasteiger partial charge in [0.05, 0.1) is 19.3 Å². The maximum Gasteiger partial charge on any atom is 0.329 e. The number of nitrogens with zero attached hydrogens (tertiary/aromatic N) is 1. The first kappa shape index (κ1) is 72.6. The van der Waals surface area contributed by atoms with Crippen molar-refractivity contribution >= 4 is 71.0 Å². The summed E-state index contributed by atoms with van der Waals surface area (Å²) in [5.41, 5.74) is 11.9. The highest BCUT2D eigenvalue weighted by molar-refractivity contribution is 5.99. The fourth-order valence-electron chi connectivity index (χ4n) is 8.68. The van der Waals surface area contributed by atoms with Crippen LogP contribution in [0.4, 0.5) is 0 Å². The van der Waals surface area contributed by atoms with E-state index in [1.807, 2.05) is 37.3 Å². The van der Waals surface area contributed by atoms with Crippen molar-refractivity contribution in [3.05, 3.63) is 35.9 Å². The molecule has 16 atom stereocenters. The summed E-state index contributed by atoms with van der Waals surface area (Å²) in [6, 6.07) is -5.60. The van der Waals surface area contributed by atoms with Gasteiger partial charge in [-0.05, 0) is 76.3 Å². The predicted octanol–water partition coefficient (Wildman–Crippen LogP) is -3.13. The Labute approximate surface area is 492 Å². The molecule has 1 aromatic rings. The van der Waals surface area contributed by atoms with Gasteiger partial charge in [-0.3, -0.25) is 52.9 Å². The van der Waals surface area contributed by atoms with Gasteiger partial charge in [-0.15, -0.1) is 0 Å². The number of cyclic esters (lactones) is 1. The number of rotatable bonds is 31. The van der Waals surface area contributed by atoms with Crippen LogP contribution in [0.1, 0.15) is 120 Å². The average Bonchev–Trinajstić information content (AvgIpc) is 3.58. The van der Waals surface area contributed by atoms with E-state index in [-0.39, 0.29) is 31.8 Å². The van der Waals surface area contributed by atoms with Crippen molar-refractivity contribution < 1.29 is 67.7 Å². The topological polar surface area (TPSA) is 434 Å². The lowest BCUT2D eigenvalue weighted by molar-refractivity contribution is -0.157. The van der Waals surface area contributed by atoms with E-state index in [2.05, 4.69) is 63.5 Å². The number of hydrogen-bond donors (Lipinski definition) is 15. The Hall–Kier alpha value is -7.46. The molecule has 28 nitrogen and oxygen atoms in total. The number of carbonyl (C=O) groups is 11. The molecule has 28 heteroatoms. The molecule has 1 fully saturated rings. The average molecular weight is 1190 g/mol. The fraction of sp³-hybridized carbons (Fsp3) is 0.679. The highest BCUT2D eigenvalue weighted by Crippen LogP contribution is 2.17. The third-order valence-corrected chi connectivity index (χ3v) is 15.2. The number of ether oxygens (including phenoxy) is 1. The molecule has 1 aromatic carbocycles. The van der Waals surface area contributed by atoms with E-state index < -0.39 is 174 Å². The van der Waals surface area contributed by atoms with Gasteiger partial charge in [0.1, 0.15) is 66.5 Å². The summed E-state index contributed by atoms with van der Waals surface area (Å²) < 4.78 is 5.64. The number of aliphatic hydroxyl groups is 2. The van der Waals surface area contributed by atoms with Crippen molar-refractivity contribution in [1.82, 2.24) is 58.5 Å². The zero-order valence-corrected chi connectivity index (χ0v) is 50.6. The monoisotopic (exact) mass is 1190 g/mol. The quantitative estimate of drug-likeness (QED) is 0.0151. The second kappa shape index (κ2) is 36.3. The van der Waals surface area contributed by atoms with Crippen LogP contribution < -0.4 is 70.0 Å². The maximum atomic E-state index is 14.4. The number of aliphatic imine (C=N–C) groups is 1. The number of nitrogens with two attached hydrogens (primary N) is 2. The molecule has 1 aliphatic heterocycles. The molecule has 0 aliphatic carbocycles. The number of likely N-dealkylation sites (N-methyl/N-ethyl adjacent to an activating group) is 1. The Bertz CT molecular complexity index is 2410. The molecule has 0 saturated carbocycles. The lowest BCUT2D eigenvalue weighted by Gasteiger charge is -2.31. The molecule has 472 valence electrons. The minimum absolute atomic E-state index is 0.0154. The molecular formula is C56H94N14O14. The molecule has 0 radical (unpaired) electrons. The van der Waals surface area contributed by atoms with Gasteiger partial charge in [0, 0.05) is 6.54 Å². The fourth-order valence-corrected chi connectivity index (χ4v) is 8.68. The first-order chi connectivity index (χ1) is 39.6. The second-order valence-electron chi connectivity index (χ2n) is 21.6. The number of amides is 10. The van der Waals surface area contributed by atoms with Crippen molar-refractivity contribution in [3.8, 4) is 0 Å². The van der Waals surface area contributed by atoms with Gasteiger partial charge in [-0.1, -0.05) is 111 Å². The third kappa shape index (κ3) is 22.6. The van der Waals surface area contributed by atoms with Crippen LogP contribution in [0, 0.1) is 23.7 Å². The summed E-state index contributed by atoms with van der Waals surface area (Å²) in [6.45, 7) is 15.8. The van der Waals surface area contributed by atoms with Crippen LogP contribution in [0.2, 0.25) is 0 Å². The van der Waals surface area contributed by atoms with Crippen LogP contribution in [-0.2, 0) is 63.9 Å². The summed E-state index contributed by atoms with van der Waals surface area (Å²) in [4.78, 5) is 156.